The molecule has 0 heterocycles. The number of allylic oxidation sites excluding steroid dienone is 1. The predicted octanol–water partition coefficient (Wildman–Crippen LogP) is 2.04. The summed E-state index contributed by atoms with van der Waals surface area (Å²) < 4.78 is 4.93. The van der Waals surface area contributed by atoms with Crippen LogP contribution in [-0.2, 0) is 4.65 Å². The maximum Gasteiger partial charge on any atom is 0.321 e. The van der Waals surface area contributed by atoms with Crippen molar-refractivity contribution in [2.75, 3.05) is 0 Å². The quantitative estimate of drug-likeness (QED) is 0.419. The molecule has 0 saturated carbocycles. The molecule has 0 saturated heterocycles. The topological polar surface area (TPSA) is 9.23 Å². The van der Waals surface area contributed by atoms with Crippen LogP contribution in [0.25, 0.3) is 0 Å². The van der Waals surface area contributed by atoms with Crippen molar-refractivity contribution in [3.8, 4) is 0 Å². The standard InChI is InChI=1S/C8H17BO/c1-3-5-6-8(4-2)7-10-9/h7H,3-6,9H2,1-2H3. The Morgan fingerprint density at radius 1 is 1.50 bits per heavy atom. The molecule has 0 aliphatic heterocycles. The van der Waals surface area contributed by atoms with E-state index in [0.717, 1.165) is 6.42 Å². The van der Waals surface area contributed by atoms with E-state index in [-0.39, 0.29) is 0 Å². The third-order valence-corrected chi connectivity index (χ3v) is 1.59. The Labute approximate surface area is 64.9 Å². The average Bonchev–Trinajstić information content (AvgIpc) is 1.98. The molecule has 0 unspecified atom stereocenters. The monoisotopic (exact) mass is 140 g/mol. The van der Waals surface area contributed by atoms with Crippen LogP contribution in [0.1, 0.15) is 39.5 Å². The first-order chi connectivity index (χ1) is 4.85. The maximum absolute atomic E-state index is 4.93. The Kier molecular flexibility index (Phi) is 6.46. The van der Waals surface area contributed by atoms with Crippen LogP contribution in [0.4, 0.5) is 0 Å². The molecule has 0 aliphatic rings. The minimum atomic E-state index is 1.12. The lowest BCUT2D eigenvalue weighted by Gasteiger charge is -2.01. The SMILES string of the molecule is BOC=C(CC)CCCC. The molecule has 0 aromatic rings. The molecule has 0 aromatic carbocycles. The summed E-state index contributed by atoms with van der Waals surface area (Å²) in [6, 6.07) is 0. The van der Waals surface area contributed by atoms with Gasteiger partial charge in [-0.2, -0.15) is 0 Å². The smallest absolute Gasteiger partial charge is 0.321 e. The molecule has 0 rings (SSSR count). The summed E-state index contributed by atoms with van der Waals surface area (Å²) in [5.74, 6) is 0. The highest BCUT2D eigenvalue weighted by atomic mass is 16.4. The van der Waals surface area contributed by atoms with Gasteiger partial charge in [0.25, 0.3) is 0 Å². The van der Waals surface area contributed by atoms with E-state index in [1.54, 1.807) is 8.05 Å². The van der Waals surface area contributed by atoms with Crippen molar-refractivity contribution in [2.24, 2.45) is 0 Å². The van der Waals surface area contributed by atoms with E-state index in [2.05, 4.69) is 13.8 Å². The summed E-state index contributed by atoms with van der Waals surface area (Å²) in [6.45, 7) is 4.38. The first-order valence-electron chi connectivity index (χ1n) is 4.05. The van der Waals surface area contributed by atoms with Gasteiger partial charge in [-0.25, -0.2) is 0 Å². The van der Waals surface area contributed by atoms with Gasteiger partial charge in [-0.3, -0.25) is 0 Å². The molecule has 0 N–H and O–H groups in total. The van der Waals surface area contributed by atoms with Gasteiger partial charge in [-0.1, -0.05) is 20.3 Å². The minimum Gasteiger partial charge on any atom is -0.573 e. The summed E-state index contributed by atoms with van der Waals surface area (Å²) in [7, 11) is 1.71. The van der Waals surface area contributed by atoms with Crippen LogP contribution < -0.4 is 0 Å². The molecular weight excluding hydrogens is 123 g/mol. The molecule has 0 bridgehead atoms. The molecule has 0 aliphatic carbocycles. The van der Waals surface area contributed by atoms with Gasteiger partial charge in [0.1, 0.15) is 0 Å². The molecule has 0 spiro atoms. The molecule has 0 radical (unpaired) electrons. The Hall–Kier alpha value is -0.395. The Bertz CT molecular complexity index is 99.4. The van der Waals surface area contributed by atoms with Crippen molar-refractivity contribution in [3.05, 3.63) is 11.8 Å². The third-order valence-electron chi connectivity index (χ3n) is 1.59. The Balaban J connectivity index is 3.49. The second kappa shape index (κ2) is 6.72. The summed E-state index contributed by atoms with van der Waals surface area (Å²) in [5.41, 5.74) is 1.42. The van der Waals surface area contributed by atoms with Crippen LogP contribution in [0, 0.1) is 0 Å². The molecule has 1 nitrogen and oxygen atoms in total. The molecular formula is C8H17BO. The third kappa shape index (κ3) is 4.48. The summed E-state index contributed by atoms with van der Waals surface area (Å²) in [5, 5.41) is 0. The fourth-order valence-electron chi connectivity index (χ4n) is 0.890. The predicted molar refractivity (Wildman–Crippen MR) is 47.5 cm³/mol. The molecule has 2 heteroatoms. The highest BCUT2D eigenvalue weighted by molar-refractivity contribution is 5.98. The van der Waals surface area contributed by atoms with E-state index >= 15 is 0 Å². The maximum atomic E-state index is 4.93. The number of unbranched alkanes of at least 4 members (excludes halogenated alkanes) is 1. The highest BCUT2D eigenvalue weighted by Gasteiger charge is 1.91. The van der Waals surface area contributed by atoms with Crippen LogP contribution in [0.15, 0.2) is 11.8 Å². The van der Waals surface area contributed by atoms with E-state index in [9.17, 15) is 0 Å². The fourth-order valence-corrected chi connectivity index (χ4v) is 0.890. The normalized spacial score (nSPS) is 11.6. The summed E-state index contributed by atoms with van der Waals surface area (Å²) in [6.07, 6.45) is 6.73. The van der Waals surface area contributed by atoms with Crippen LogP contribution in [0.5, 0.6) is 0 Å². The van der Waals surface area contributed by atoms with Gasteiger partial charge in [0, 0.05) is 0 Å². The van der Waals surface area contributed by atoms with Crippen molar-refractivity contribution in [1.29, 1.82) is 0 Å². The van der Waals surface area contributed by atoms with Crippen molar-refractivity contribution in [2.45, 2.75) is 39.5 Å². The first-order valence-corrected chi connectivity index (χ1v) is 4.05. The molecule has 0 amide bonds. The van der Waals surface area contributed by atoms with Gasteiger partial charge in [-0.15, -0.1) is 0 Å². The largest absolute Gasteiger partial charge is 0.573 e. The van der Waals surface area contributed by atoms with Gasteiger partial charge < -0.3 is 4.65 Å². The lowest BCUT2D eigenvalue weighted by atomic mass is 10.1. The van der Waals surface area contributed by atoms with Gasteiger partial charge in [-0.05, 0) is 24.8 Å². The van der Waals surface area contributed by atoms with Gasteiger partial charge in [0.15, 0.2) is 0 Å². The van der Waals surface area contributed by atoms with Crippen molar-refractivity contribution >= 4 is 8.05 Å². The number of rotatable bonds is 5. The highest BCUT2D eigenvalue weighted by Crippen LogP contribution is 2.10. The van der Waals surface area contributed by atoms with E-state index in [0.29, 0.717) is 0 Å². The molecule has 0 atom stereocenters. The second-order valence-electron chi connectivity index (χ2n) is 2.47. The lowest BCUT2D eigenvalue weighted by molar-refractivity contribution is 0.519. The minimum absolute atomic E-state index is 1.12. The second-order valence-corrected chi connectivity index (χ2v) is 2.47. The van der Waals surface area contributed by atoms with Gasteiger partial charge in [0.2, 0.25) is 0 Å². The molecule has 58 valence electrons. The Morgan fingerprint density at radius 2 is 2.20 bits per heavy atom. The molecule has 0 fully saturated rings. The number of hydrogen-bond donors (Lipinski definition) is 0. The van der Waals surface area contributed by atoms with Crippen LogP contribution in [-0.4, -0.2) is 8.05 Å². The van der Waals surface area contributed by atoms with E-state index in [1.807, 2.05) is 6.26 Å². The lowest BCUT2D eigenvalue weighted by Crippen LogP contribution is -1.83. The number of hydrogen-bond acceptors (Lipinski definition) is 1. The zero-order chi connectivity index (χ0) is 7.82. The molecule has 10 heavy (non-hydrogen) atoms. The van der Waals surface area contributed by atoms with E-state index < -0.39 is 0 Å². The van der Waals surface area contributed by atoms with E-state index in [4.69, 9.17) is 4.65 Å². The summed E-state index contributed by atoms with van der Waals surface area (Å²) in [4.78, 5) is 0. The first kappa shape index (κ1) is 9.60. The van der Waals surface area contributed by atoms with Crippen molar-refractivity contribution in [3.63, 3.8) is 0 Å². The zero-order valence-corrected chi connectivity index (χ0v) is 7.31. The molecule has 0 aromatic heterocycles. The van der Waals surface area contributed by atoms with Crippen LogP contribution in [0.2, 0.25) is 0 Å². The van der Waals surface area contributed by atoms with Crippen LogP contribution >= 0.6 is 0 Å². The fraction of sp³-hybridized carbons (Fsp3) is 0.750. The van der Waals surface area contributed by atoms with Gasteiger partial charge >= 0.3 is 8.05 Å². The van der Waals surface area contributed by atoms with Crippen molar-refractivity contribution in [1.82, 2.24) is 0 Å². The zero-order valence-electron chi connectivity index (χ0n) is 7.31. The van der Waals surface area contributed by atoms with E-state index in [1.165, 1.54) is 24.8 Å². The van der Waals surface area contributed by atoms with Crippen molar-refractivity contribution < 1.29 is 4.65 Å². The summed E-state index contributed by atoms with van der Waals surface area (Å²) >= 11 is 0. The van der Waals surface area contributed by atoms with Gasteiger partial charge in [0.05, 0.1) is 6.26 Å². The van der Waals surface area contributed by atoms with Crippen LogP contribution in [0.3, 0.4) is 0 Å². The Morgan fingerprint density at radius 3 is 2.60 bits per heavy atom. The average molecular weight is 140 g/mol.